The van der Waals surface area contributed by atoms with Gasteiger partial charge in [-0.15, -0.1) is 4.33 Å². The molecule has 0 amide bonds. The van der Waals surface area contributed by atoms with Gasteiger partial charge in [0.15, 0.2) is 23.2 Å². The molecule has 1 aromatic carbocycles. The Morgan fingerprint density at radius 1 is 1.13 bits per heavy atom. The van der Waals surface area contributed by atoms with E-state index in [0.29, 0.717) is 0 Å². The van der Waals surface area contributed by atoms with Gasteiger partial charge in [0.25, 0.3) is 0 Å². The lowest BCUT2D eigenvalue weighted by molar-refractivity contribution is -0.432. The van der Waals surface area contributed by atoms with Crippen molar-refractivity contribution in [3.63, 3.8) is 0 Å². The van der Waals surface area contributed by atoms with E-state index < -0.39 is 33.7 Å². The first-order valence-corrected chi connectivity index (χ1v) is 4.25. The van der Waals surface area contributed by atoms with Crippen LogP contribution < -0.4 is 0 Å². The fourth-order valence-corrected chi connectivity index (χ4v) is 1.30. The molecule has 0 fully saturated rings. The van der Waals surface area contributed by atoms with Gasteiger partial charge in [-0.25, -0.2) is 18.4 Å². The number of phenolic OH excluding ortho intramolecular Hbond substituents is 1. The van der Waals surface area contributed by atoms with E-state index in [-0.39, 0.29) is 12.0 Å². The van der Waals surface area contributed by atoms with E-state index in [4.69, 9.17) is 10.4 Å². The van der Waals surface area contributed by atoms with E-state index in [1.54, 1.807) is 0 Å². The number of halogens is 3. The molecule has 0 spiro atoms. The molecule has 15 heavy (non-hydrogen) atoms. The average molecular weight is 242 g/mol. The van der Waals surface area contributed by atoms with Crippen LogP contribution in [0.15, 0.2) is 4.90 Å². The number of benzene rings is 1. The molecule has 1 aromatic rings. The van der Waals surface area contributed by atoms with Gasteiger partial charge in [-0.3, -0.25) is 0 Å². The largest absolute Gasteiger partial charge is 0.504 e. The van der Waals surface area contributed by atoms with Gasteiger partial charge in [-0.2, -0.15) is 0 Å². The number of phenols is 1. The third kappa shape index (κ3) is 2.17. The van der Waals surface area contributed by atoms with Crippen LogP contribution in [0.4, 0.5) is 13.2 Å². The van der Waals surface area contributed by atoms with Crippen LogP contribution in [0.5, 0.6) is 5.75 Å². The zero-order valence-corrected chi connectivity index (χ0v) is 8.07. The van der Waals surface area contributed by atoms with E-state index in [1.807, 2.05) is 0 Å². The van der Waals surface area contributed by atoms with E-state index in [9.17, 15) is 13.2 Å². The molecular formula is C7H5F3O4S. The van der Waals surface area contributed by atoms with Gasteiger partial charge in [0.1, 0.15) is 4.90 Å². The first-order valence-electron chi connectivity index (χ1n) is 3.51. The van der Waals surface area contributed by atoms with Gasteiger partial charge in [0.2, 0.25) is 0 Å². The molecule has 1 rings (SSSR count). The van der Waals surface area contributed by atoms with Crippen molar-refractivity contribution in [3.8, 4) is 5.75 Å². The Kier molecular flexibility index (Phi) is 3.80. The van der Waals surface area contributed by atoms with E-state index in [0.717, 1.165) is 6.92 Å². The second-order valence-electron chi connectivity index (χ2n) is 2.47. The maximum Gasteiger partial charge on any atom is 0.179 e. The quantitative estimate of drug-likeness (QED) is 0.369. The highest BCUT2D eigenvalue weighted by molar-refractivity contribution is 7.94. The maximum absolute atomic E-state index is 13.1. The van der Waals surface area contributed by atoms with Gasteiger partial charge in [0.05, 0.1) is 12.0 Å². The maximum atomic E-state index is 13.1. The van der Waals surface area contributed by atoms with Crippen LogP contribution in [-0.4, -0.2) is 10.4 Å². The van der Waals surface area contributed by atoms with Crippen LogP contribution in [-0.2, 0) is 9.37 Å². The molecule has 0 atom stereocenters. The summed E-state index contributed by atoms with van der Waals surface area (Å²) < 4.78 is 42.8. The topological polar surface area (TPSA) is 58.9 Å². The number of aromatic hydroxyl groups is 1. The Bertz CT molecular complexity index is 356. The molecule has 0 aliphatic carbocycles. The van der Waals surface area contributed by atoms with Crippen molar-refractivity contribution in [3.05, 3.63) is 23.0 Å². The molecule has 8 heteroatoms. The summed E-state index contributed by atoms with van der Waals surface area (Å²) in [7, 11) is 0. The first-order chi connectivity index (χ1) is 7.00. The summed E-state index contributed by atoms with van der Waals surface area (Å²) >= 11 is -0.0665. The zero-order valence-electron chi connectivity index (χ0n) is 7.25. The van der Waals surface area contributed by atoms with Crippen molar-refractivity contribution in [1.29, 1.82) is 0 Å². The van der Waals surface area contributed by atoms with E-state index in [1.165, 1.54) is 0 Å². The van der Waals surface area contributed by atoms with E-state index in [2.05, 4.69) is 9.37 Å². The van der Waals surface area contributed by atoms with Crippen LogP contribution >= 0.6 is 12.0 Å². The van der Waals surface area contributed by atoms with Crippen molar-refractivity contribution in [2.75, 3.05) is 0 Å². The lowest BCUT2D eigenvalue weighted by atomic mass is 10.2. The van der Waals surface area contributed by atoms with Gasteiger partial charge >= 0.3 is 0 Å². The molecule has 0 unspecified atom stereocenters. The van der Waals surface area contributed by atoms with Crippen LogP contribution in [0, 0.1) is 24.4 Å². The van der Waals surface area contributed by atoms with Crippen molar-refractivity contribution >= 4 is 12.0 Å². The number of hydrogen-bond acceptors (Lipinski definition) is 5. The van der Waals surface area contributed by atoms with Gasteiger partial charge < -0.3 is 5.11 Å². The summed E-state index contributed by atoms with van der Waals surface area (Å²) in [6.45, 7) is 0.964. The highest BCUT2D eigenvalue weighted by atomic mass is 32.2. The molecule has 2 N–H and O–H groups in total. The molecule has 0 aliphatic rings. The monoisotopic (exact) mass is 242 g/mol. The van der Waals surface area contributed by atoms with Crippen molar-refractivity contribution in [1.82, 2.24) is 0 Å². The summed E-state index contributed by atoms with van der Waals surface area (Å²) in [6.07, 6.45) is 0. The molecule has 0 aromatic heterocycles. The minimum absolute atomic E-state index is 0.0665. The molecule has 0 bridgehead atoms. The van der Waals surface area contributed by atoms with Crippen LogP contribution in [0.25, 0.3) is 0 Å². The minimum atomic E-state index is -1.49. The third-order valence-electron chi connectivity index (χ3n) is 1.62. The molecule has 0 heterocycles. The minimum Gasteiger partial charge on any atom is -0.504 e. The summed E-state index contributed by atoms with van der Waals surface area (Å²) in [6, 6.07) is 0. The molecule has 0 aliphatic heterocycles. The highest BCUT2D eigenvalue weighted by Crippen LogP contribution is 2.37. The summed E-state index contributed by atoms with van der Waals surface area (Å²) in [4.78, 5) is -0.857. The predicted molar refractivity (Wildman–Crippen MR) is 43.4 cm³/mol. The molecular weight excluding hydrogens is 237 g/mol. The van der Waals surface area contributed by atoms with Crippen molar-refractivity contribution in [2.24, 2.45) is 0 Å². The third-order valence-corrected chi connectivity index (χ3v) is 2.29. The second kappa shape index (κ2) is 4.71. The Hall–Kier alpha value is -0.960. The van der Waals surface area contributed by atoms with Gasteiger partial charge in [-0.1, -0.05) is 5.04 Å². The Labute approximate surface area is 86.3 Å². The SMILES string of the molecule is Cc1c(F)c(O)c(SOOO)c(F)c1F. The van der Waals surface area contributed by atoms with Gasteiger partial charge in [0, 0.05) is 5.56 Å². The molecule has 0 saturated heterocycles. The Morgan fingerprint density at radius 3 is 2.27 bits per heavy atom. The summed E-state index contributed by atoms with van der Waals surface area (Å²) in [5.74, 6) is -5.37. The molecule has 0 saturated carbocycles. The lowest BCUT2D eigenvalue weighted by Crippen LogP contribution is -1.98. The van der Waals surface area contributed by atoms with Crippen LogP contribution in [0.2, 0.25) is 0 Å². The first kappa shape index (κ1) is 12.1. The molecule has 84 valence electrons. The zero-order chi connectivity index (χ0) is 11.6. The average Bonchev–Trinajstić information content (AvgIpc) is 2.24. The summed E-state index contributed by atoms with van der Waals surface area (Å²) in [5.41, 5.74) is -0.653. The van der Waals surface area contributed by atoms with Crippen molar-refractivity contribution < 1.29 is 32.9 Å². The van der Waals surface area contributed by atoms with Crippen LogP contribution in [0.3, 0.4) is 0 Å². The number of rotatable bonds is 3. The predicted octanol–water partition coefficient (Wildman–Crippen LogP) is 2.55. The number of hydrogen-bond donors (Lipinski definition) is 2. The fraction of sp³-hybridized carbons (Fsp3) is 0.143. The normalized spacial score (nSPS) is 10.7. The van der Waals surface area contributed by atoms with Crippen LogP contribution in [0.1, 0.15) is 5.56 Å². The van der Waals surface area contributed by atoms with E-state index >= 15 is 0 Å². The fourth-order valence-electron chi connectivity index (χ4n) is 0.867. The Balaban J connectivity index is 3.26. The molecule has 0 radical (unpaired) electrons. The Morgan fingerprint density at radius 2 is 1.73 bits per heavy atom. The lowest BCUT2D eigenvalue weighted by Gasteiger charge is -2.07. The smallest absolute Gasteiger partial charge is 0.179 e. The second-order valence-corrected chi connectivity index (χ2v) is 3.18. The summed E-state index contributed by atoms with van der Waals surface area (Å²) in [5, 5.41) is 20.0. The van der Waals surface area contributed by atoms with Crippen molar-refractivity contribution in [2.45, 2.75) is 11.8 Å². The highest BCUT2D eigenvalue weighted by Gasteiger charge is 2.23. The standard InChI is InChI=1S/C7H5F3O4S/c1-2-3(8)5(10)7(15-14-13-12)6(11)4(2)9/h11-12H,1H3. The van der Waals surface area contributed by atoms with Gasteiger partial charge in [-0.05, 0) is 6.92 Å². The molecule has 4 nitrogen and oxygen atoms in total.